The van der Waals surface area contributed by atoms with E-state index in [0.29, 0.717) is 4.99 Å². The molecule has 0 saturated heterocycles. The third kappa shape index (κ3) is 2.42. The van der Waals surface area contributed by atoms with Gasteiger partial charge in [-0.3, -0.25) is 0 Å². The summed E-state index contributed by atoms with van der Waals surface area (Å²) >= 11 is 4.91. The molecular weight excluding hydrogens is 180 g/mol. The van der Waals surface area contributed by atoms with Gasteiger partial charge in [0.15, 0.2) is 0 Å². The summed E-state index contributed by atoms with van der Waals surface area (Å²) in [6.45, 7) is 5.00. The van der Waals surface area contributed by atoms with Gasteiger partial charge in [-0.25, -0.2) is 0 Å². The highest BCUT2D eigenvalue weighted by Gasteiger charge is 2.01. The van der Waals surface area contributed by atoms with Gasteiger partial charge in [-0.05, 0) is 37.6 Å². The van der Waals surface area contributed by atoms with Crippen LogP contribution in [0.25, 0.3) is 0 Å². The SMILES string of the molecule is CCNc1ccc(C(N)=S)c(C)c1. The summed E-state index contributed by atoms with van der Waals surface area (Å²) < 4.78 is 0. The van der Waals surface area contributed by atoms with Crippen molar-refractivity contribution in [1.82, 2.24) is 0 Å². The van der Waals surface area contributed by atoms with E-state index < -0.39 is 0 Å². The number of nitrogens with one attached hydrogen (secondary N) is 1. The van der Waals surface area contributed by atoms with Crippen LogP contribution in [0.15, 0.2) is 18.2 Å². The van der Waals surface area contributed by atoms with Gasteiger partial charge in [0.25, 0.3) is 0 Å². The number of thiocarbonyl (C=S) groups is 1. The molecule has 0 aliphatic carbocycles. The second kappa shape index (κ2) is 4.23. The van der Waals surface area contributed by atoms with E-state index in [1.807, 2.05) is 19.1 Å². The lowest BCUT2D eigenvalue weighted by Gasteiger charge is -2.07. The Bertz CT molecular complexity index is 321. The van der Waals surface area contributed by atoms with Crippen molar-refractivity contribution < 1.29 is 0 Å². The molecule has 2 nitrogen and oxygen atoms in total. The highest BCUT2D eigenvalue weighted by atomic mass is 32.1. The van der Waals surface area contributed by atoms with Crippen molar-refractivity contribution >= 4 is 22.9 Å². The minimum absolute atomic E-state index is 0.459. The summed E-state index contributed by atoms with van der Waals surface area (Å²) in [7, 11) is 0. The molecule has 0 bridgehead atoms. The quantitative estimate of drug-likeness (QED) is 0.723. The maximum absolute atomic E-state index is 5.55. The zero-order valence-corrected chi connectivity index (χ0v) is 8.74. The van der Waals surface area contributed by atoms with Gasteiger partial charge in [-0.1, -0.05) is 12.2 Å². The molecule has 0 aromatic heterocycles. The van der Waals surface area contributed by atoms with E-state index >= 15 is 0 Å². The van der Waals surface area contributed by atoms with E-state index in [2.05, 4.69) is 18.3 Å². The number of hydrogen-bond donors (Lipinski definition) is 2. The summed E-state index contributed by atoms with van der Waals surface area (Å²) in [5, 5.41) is 3.23. The van der Waals surface area contributed by atoms with E-state index in [0.717, 1.165) is 23.4 Å². The molecule has 0 atom stereocenters. The van der Waals surface area contributed by atoms with Crippen LogP contribution in [0.5, 0.6) is 0 Å². The van der Waals surface area contributed by atoms with Crippen molar-refractivity contribution in [3.05, 3.63) is 29.3 Å². The summed E-state index contributed by atoms with van der Waals surface area (Å²) in [6.07, 6.45) is 0. The van der Waals surface area contributed by atoms with Crippen LogP contribution in [0.1, 0.15) is 18.1 Å². The number of aryl methyl sites for hydroxylation is 1. The van der Waals surface area contributed by atoms with E-state index in [9.17, 15) is 0 Å². The fourth-order valence-electron chi connectivity index (χ4n) is 1.25. The largest absolute Gasteiger partial charge is 0.389 e. The Labute approximate surface area is 84.1 Å². The molecule has 0 aliphatic rings. The third-order valence-corrected chi connectivity index (χ3v) is 2.09. The fraction of sp³-hybridized carbons (Fsp3) is 0.300. The molecule has 0 heterocycles. The Morgan fingerprint density at radius 3 is 2.69 bits per heavy atom. The van der Waals surface area contributed by atoms with Crippen molar-refractivity contribution in [2.24, 2.45) is 5.73 Å². The van der Waals surface area contributed by atoms with Crippen molar-refractivity contribution in [1.29, 1.82) is 0 Å². The van der Waals surface area contributed by atoms with E-state index in [1.165, 1.54) is 0 Å². The standard InChI is InChI=1S/C10H14N2S/c1-3-12-8-4-5-9(10(11)13)7(2)6-8/h4-6,12H,3H2,1-2H3,(H2,11,13). The smallest absolute Gasteiger partial charge is 0.104 e. The molecule has 0 radical (unpaired) electrons. The molecule has 0 unspecified atom stereocenters. The normalized spacial score (nSPS) is 9.69. The van der Waals surface area contributed by atoms with Crippen LogP contribution in [0.2, 0.25) is 0 Å². The van der Waals surface area contributed by atoms with Gasteiger partial charge in [0.05, 0.1) is 0 Å². The van der Waals surface area contributed by atoms with E-state index in [4.69, 9.17) is 18.0 Å². The Balaban J connectivity index is 2.98. The van der Waals surface area contributed by atoms with E-state index in [-0.39, 0.29) is 0 Å². The van der Waals surface area contributed by atoms with Crippen LogP contribution in [0.4, 0.5) is 5.69 Å². The van der Waals surface area contributed by atoms with Crippen molar-refractivity contribution in [3.8, 4) is 0 Å². The minimum Gasteiger partial charge on any atom is -0.389 e. The van der Waals surface area contributed by atoms with Gasteiger partial charge < -0.3 is 11.1 Å². The molecular formula is C10H14N2S. The van der Waals surface area contributed by atoms with Gasteiger partial charge in [0, 0.05) is 17.8 Å². The summed E-state index contributed by atoms with van der Waals surface area (Å²) in [5.74, 6) is 0. The number of rotatable bonds is 3. The topological polar surface area (TPSA) is 38.0 Å². The Morgan fingerprint density at radius 1 is 1.54 bits per heavy atom. The second-order valence-electron chi connectivity index (χ2n) is 2.92. The minimum atomic E-state index is 0.459. The lowest BCUT2D eigenvalue weighted by molar-refractivity contribution is 1.21. The zero-order valence-electron chi connectivity index (χ0n) is 7.92. The van der Waals surface area contributed by atoms with Gasteiger partial charge in [0.2, 0.25) is 0 Å². The fourth-order valence-corrected chi connectivity index (χ4v) is 1.48. The molecule has 13 heavy (non-hydrogen) atoms. The van der Waals surface area contributed by atoms with Crippen molar-refractivity contribution in [3.63, 3.8) is 0 Å². The highest BCUT2D eigenvalue weighted by molar-refractivity contribution is 7.80. The lowest BCUT2D eigenvalue weighted by atomic mass is 10.1. The Hall–Kier alpha value is -1.09. The lowest BCUT2D eigenvalue weighted by Crippen LogP contribution is -2.11. The first-order valence-corrected chi connectivity index (χ1v) is 4.70. The first-order chi connectivity index (χ1) is 6.15. The van der Waals surface area contributed by atoms with Gasteiger partial charge in [0.1, 0.15) is 4.99 Å². The Kier molecular flexibility index (Phi) is 3.25. The van der Waals surface area contributed by atoms with Crippen LogP contribution in [-0.2, 0) is 0 Å². The first kappa shape index (κ1) is 9.99. The van der Waals surface area contributed by atoms with Crippen LogP contribution >= 0.6 is 12.2 Å². The number of benzene rings is 1. The summed E-state index contributed by atoms with van der Waals surface area (Å²) in [6, 6.07) is 6.00. The number of anilines is 1. The molecule has 1 aromatic rings. The van der Waals surface area contributed by atoms with Crippen LogP contribution < -0.4 is 11.1 Å². The predicted octanol–water partition coefficient (Wildman–Crippen LogP) is 2.06. The molecule has 1 aromatic carbocycles. The molecule has 0 aliphatic heterocycles. The molecule has 0 saturated carbocycles. The predicted molar refractivity (Wildman–Crippen MR) is 61.2 cm³/mol. The molecule has 3 N–H and O–H groups in total. The Morgan fingerprint density at radius 2 is 2.23 bits per heavy atom. The highest BCUT2D eigenvalue weighted by Crippen LogP contribution is 2.14. The maximum atomic E-state index is 5.55. The first-order valence-electron chi connectivity index (χ1n) is 4.29. The summed E-state index contributed by atoms with van der Waals surface area (Å²) in [5.41, 5.74) is 8.73. The molecule has 1 rings (SSSR count). The monoisotopic (exact) mass is 194 g/mol. The maximum Gasteiger partial charge on any atom is 0.104 e. The molecule has 0 fully saturated rings. The van der Waals surface area contributed by atoms with Crippen molar-refractivity contribution in [2.45, 2.75) is 13.8 Å². The van der Waals surface area contributed by atoms with Gasteiger partial charge in [-0.15, -0.1) is 0 Å². The zero-order chi connectivity index (χ0) is 9.84. The number of hydrogen-bond acceptors (Lipinski definition) is 2. The number of nitrogens with two attached hydrogens (primary N) is 1. The van der Waals surface area contributed by atoms with Crippen LogP contribution in [0, 0.1) is 6.92 Å². The van der Waals surface area contributed by atoms with Crippen LogP contribution in [0.3, 0.4) is 0 Å². The molecule has 70 valence electrons. The second-order valence-corrected chi connectivity index (χ2v) is 3.36. The molecule has 0 spiro atoms. The van der Waals surface area contributed by atoms with E-state index in [1.54, 1.807) is 0 Å². The van der Waals surface area contributed by atoms with Gasteiger partial charge in [-0.2, -0.15) is 0 Å². The summed E-state index contributed by atoms with van der Waals surface area (Å²) in [4.78, 5) is 0.459. The molecule has 3 heteroatoms. The average Bonchev–Trinajstić information content (AvgIpc) is 2.04. The third-order valence-electron chi connectivity index (χ3n) is 1.87. The van der Waals surface area contributed by atoms with Gasteiger partial charge >= 0.3 is 0 Å². The van der Waals surface area contributed by atoms with Crippen molar-refractivity contribution in [2.75, 3.05) is 11.9 Å². The van der Waals surface area contributed by atoms with Crippen LogP contribution in [-0.4, -0.2) is 11.5 Å². The average molecular weight is 194 g/mol. The molecule has 0 amide bonds.